The van der Waals surface area contributed by atoms with Gasteiger partial charge >= 0.3 is 0 Å². The maximum Gasteiger partial charge on any atom is 0.204 e. The Kier molecular flexibility index (Phi) is 2.30. The van der Waals surface area contributed by atoms with Crippen LogP contribution in [-0.4, -0.2) is 16.7 Å². The highest BCUT2D eigenvalue weighted by molar-refractivity contribution is 6.06. The number of Topliss-reactive ketones (excluding diaryl/α,β-unsaturated/α-hetero) is 2. The fraction of sp³-hybridized carbons (Fsp3) is 0.538. The third-order valence-corrected chi connectivity index (χ3v) is 4.31. The van der Waals surface area contributed by atoms with E-state index >= 15 is 0 Å². The molecule has 1 N–H and O–H groups in total. The zero-order valence-corrected chi connectivity index (χ0v) is 9.45. The Bertz CT molecular complexity index is 407. The van der Waals surface area contributed by atoms with E-state index in [4.69, 9.17) is 0 Å². The van der Waals surface area contributed by atoms with Crippen LogP contribution in [0.5, 0.6) is 0 Å². The van der Waals surface area contributed by atoms with Crippen LogP contribution < -0.4 is 0 Å². The van der Waals surface area contributed by atoms with Gasteiger partial charge in [0.15, 0.2) is 5.76 Å². The number of allylic oxidation sites excluding steroid dienone is 3. The van der Waals surface area contributed by atoms with E-state index in [-0.39, 0.29) is 17.3 Å². The Labute approximate surface area is 94.8 Å². The van der Waals surface area contributed by atoms with E-state index in [0.29, 0.717) is 25.7 Å². The molecule has 0 aliphatic heterocycles. The summed E-state index contributed by atoms with van der Waals surface area (Å²) in [7, 11) is 0. The first-order chi connectivity index (χ1) is 7.48. The molecule has 1 fully saturated rings. The van der Waals surface area contributed by atoms with Crippen LogP contribution in [0.15, 0.2) is 24.5 Å². The lowest BCUT2D eigenvalue weighted by atomic mass is 9.58. The van der Waals surface area contributed by atoms with Gasteiger partial charge in [-0.25, -0.2) is 0 Å². The molecular weight excluding hydrogens is 204 g/mol. The van der Waals surface area contributed by atoms with Crippen molar-refractivity contribution in [3.8, 4) is 0 Å². The zero-order valence-electron chi connectivity index (χ0n) is 9.45. The van der Waals surface area contributed by atoms with Crippen LogP contribution in [0.3, 0.4) is 0 Å². The van der Waals surface area contributed by atoms with Crippen LogP contribution in [0, 0.1) is 10.8 Å². The molecule has 2 rings (SSSR count). The van der Waals surface area contributed by atoms with Crippen molar-refractivity contribution in [1.82, 2.24) is 0 Å². The molecule has 2 aliphatic carbocycles. The second-order valence-corrected chi connectivity index (χ2v) is 4.95. The first-order valence-corrected chi connectivity index (χ1v) is 5.56. The van der Waals surface area contributed by atoms with Crippen molar-refractivity contribution in [2.24, 2.45) is 10.8 Å². The van der Waals surface area contributed by atoms with Gasteiger partial charge < -0.3 is 5.11 Å². The van der Waals surface area contributed by atoms with E-state index in [2.05, 4.69) is 6.58 Å². The third kappa shape index (κ3) is 1.09. The number of carbonyl (C=O) groups is 2. The molecule has 0 aromatic heterocycles. The molecule has 0 aromatic carbocycles. The van der Waals surface area contributed by atoms with E-state index in [1.807, 2.05) is 6.92 Å². The highest BCUT2D eigenvalue weighted by Crippen LogP contribution is 2.58. The van der Waals surface area contributed by atoms with Gasteiger partial charge in [0, 0.05) is 11.8 Å². The molecule has 2 aliphatic rings. The minimum atomic E-state index is -0.745. The summed E-state index contributed by atoms with van der Waals surface area (Å²) in [5.41, 5.74) is -1.39. The van der Waals surface area contributed by atoms with Gasteiger partial charge in [0.05, 0.1) is 5.41 Å². The molecule has 0 saturated heterocycles. The number of carbonyl (C=O) groups excluding carboxylic acids is 2. The molecule has 0 bridgehead atoms. The van der Waals surface area contributed by atoms with E-state index in [9.17, 15) is 14.7 Å². The van der Waals surface area contributed by atoms with Crippen LogP contribution in [0.25, 0.3) is 0 Å². The average molecular weight is 220 g/mol. The standard InChI is InChI=1S/C13H16O3/c1-3-6-13-8-5-10(15)12(13,2)7-4-9(14)11(13)16/h3-4,14H,1,5-8H2,2H3/t12-,13-/m1/s1. The number of rotatable bonds is 2. The Morgan fingerprint density at radius 2 is 2.25 bits per heavy atom. The summed E-state index contributed by atoms with van der Waals surface area (Å²) in [6.07, 6.45) is 5.03. The van der Waals surface area contributed by atoms with Gasteiger partial charge in [-0.15, -0.1) is 6.58 Å². The Hall–Kier alpha value is -1.38. The first kappa shape index (κ1) is 11.1. The van der Waals surface area contributed by atoms with Crippen LogP contribution in [0.4, 0.5) is 0 Å². The predicted molar refractivity (Wildman–Crippen MR) is 59.9 cm³/mol. The summed E-state index contributed by atoms with van der Waals surface area (Å²) >= 11 is 0. The number of hydrogen-bond donors (Lipinski definition) is 1. The molecule has 3 heteroatoms. The lowest BCUT2D eigenvalue weighted by molar-refractivity contribution is -0.142. The van der Waals surface area contributed by atoms with E-state index in [1.54, 1.807) is 6.08 Å². The van der Waals surface area contributed by atoms with Crippen LogP contribution >= 0.6 is 0 Å². The molecule has 0 spiro atoms. The molecule has 2 atom stereocenters. The highest BCUT2D eigenvalue weighted by atomic mass is 16.3. The lowest BCUT2D eigenvalue weighted by Gasteiger charge is -2.42. The minimum absolute atomic E-state index is 0.131. The summed E-state index contributed by atoms with van der Waals surface area (Å²) in [5.74, 6) is -0.340. The Balaban J connectivity index is 2.57. The van der Waals surface area contributed by atoms with Crippen molar-refractivity contribution in [2.45, 2.75) is 32.6 Å². The van der Waals surface area contributed by atoms with Crippen molar-refractivity contribution >= 4 is 11.6 Å². The number of aliphatic hydroxyl groups is 1. The van der Waals surface area contributed by atoms with Gasteiger partial charge in [-0.05, 0) is 25.3 Å². The monoisotopic (exact) mass is 220 g/mol. The van der Waals surface area contributed by atoms with Gasteiger partial charge in [-0.1, -0.05) is 13.0 Å². The summed E-state index contributed by atoms with van der Waals surface area (Å²) in [6.45, 7) is 5.50. The minimum Gasteiger partial charge on any atom is -0.505 e. The summed E-state index contributed by atoms with van der Waals surface area (Å²) in [5, 5.41) is 9.58. The number of fused-ring (bicyclic) bond motifs is 1. The molecule has 0 aromatic rings. The second kappa shape index (κ2) is 3.30. The fourth-order valence-corrected chi connectivity index (χ4v) is 3.12. The van der Waals surface area contributed by atoms with Crippen molar-refractivity contribution in [1.29, 1.82) is 0 Å². The van der Waals surface area contributed by atoms with Gasteiger partial charge in [0.1, 0.15) is 5.78 Å². The SMILES string of the molecule is C=CC[C@]12CCC(=O)[C@@]1(C)CC=C(O)C2=O. The lowest BCUT2D eigenvalue weighted by Crippen LogP contribution is -2.47. The number of hydrogen-bond acceptors (Lipinski definition) is 3. The van der Waals surface area contributed by atoms with Crippen molar-refractivity contribution < 1.29 is 14.7 Å². The number of aliphatic hydroxyl groups excluding tert-OH is 1. The fourth-order valence-electron chi connectivity index (χ4n) is 3.12. The quantitative estimate of drug-likeness (QED) is 0.727. The molecule has 0 heterocycles. The van der Waals surface area contributed by atoms with Crippen LogP contribution in [0.2, 0.25) is 0 Å². The molecule has 1 saturated carbocycles. The predicted octanol–water partition coefficient (Wildman–Crippen LogP) is 2.33. The summed E-state index contributed by atoms with van der Waals surface area (Å²) in [6, 6.07) is 0. The largest absolute Gasteiger partial charge is 0.505 e. The smallest absolute Gasteiger partial charge is 0.204 e. The van der Waals surface area contributed by atoms with Gasteiger partial charge in [-0.3, -0.25) is 9.59 Å². The molecule has 0 amide bonds. The normalized spacial score (nSPS) is 38.2. The van der Waals surface area contributed by atoms with Crippen LogP contribution in [0.1, 0.15) is 32.6 Å². The van der Waals surface area contributed by atoms with Gasteiger partial charge in [0.2, 0.25) is 5.78 Å². The maximum absolute atomic E-state index is 12.2. The third-order valence-electron chi connectivity index (χ3n) is 4.31. The van der Waals surface area contributed by atoms with E-state index in [1.165, 1.54) is 6.08 Å². The van der Waals surface area contributed by atoms with Crippen molar-refractivity contribution in [3.05, 3.63) is 24.5 Å². The molecule has 0 unspecified atom stereocenters. The molecule has 86 valence electrons. The Morgan fingerprint density at radius 3 is 2.88 bits per heavy atom. The maximum atomic E-state index is 12.2. The van der Waals surface area contributed by atoms with Gasteiger partial charge in [-0.2, -0.15) is 0 Å². The second-order valence-electron chi connectivity index (χ2n) is 4.95. The summed E-state index contributed by atoms with van der Waals surface area (Å²) < 4.78 is 0. The van der Waals surface area contributed by atoms with Crippen molar-refractivity contribution in [2.75, 3.05) is 0 Å². The van der Waals surface area contributed by atoms with E-state index < -0.39 is 10.8 Å². The van der Waals surface area contributed by atoms with Crippen LogP contribution in [-0.2, 0) is 9.59 Å². The van der Waals surface area contributed by atoms with E-state index in [0.717, 1.165) is 0 Å². The molecule has 3 nitrogen and oxygen atoms in total. The van der Waals surface area contributed by atoms with Crippen molar-refractivity contribution in [3.63, 3.8) is 0 Å². The first-order valence-electron chi connectivity index (χ1n) is 5.56. The topological polar surface area (TPSA) is 54.4 Å². The molecular formula is C13H16O3. The number of ketones is 2. The van der Waals surface area contributed by atoms with Gasteiger partial charge in [0.25, 0.3) is 0 Å². The zero-order chi connectivity index (χ0) is 12.0. The molecule has 16 heavy (non-hydrogen) atoms. The summed E-state index contributed by atoms with van der Waals surface area (Å²) in [4.78, 5) is 24.1. The molecule has 0 radical (unpaired) electrons. The highest BCUT2D eigenvalue weighted by Gasteiger charge is 2.62. The average Bonchev–Trinajstić information content (AvgIpc) is 2.51. The Morgan fingerprint density at radius 1 is 1.56 bits per heavy atom.